The molecule has 0 aliphatic rings. The lowest BCUT2D eigenvalue weighted by Gasteiger charge is -2.11. The molecule has 0 saturated heterocycles. The van der Waals surface area contributed by atoms with Crippen LogP contribution >= 0.6 is 0 Å². The van der Waals surface area contributed by atoms with E-state index in [2.05, 4.69) is 6.92 Å². The number of hydrogen-bond acceptors (Lipinski definition) is 4. The van der Waals surface area contributed by atoms with Gasteiger partial charge in [-0.2, -0.15) is 0 Å². The maximum atomic E-state index is 12.6. The molecule has 2 N–H and O–H groups in total. The number of carbonyl (C=O) groups excluding carboxylic acids is 2. The van der Waals surface area contributed by atoms with Gasteiger partial charge in [-0.3, -0.25) is 9.59 Å². The van der Waals surface area contributed by atoms with Crippen LogP contribution in [0.5, 0.6) is 11.5 Å². The lowest BCUT2D eigenvalue weighted by Crippen LogP contribution is -2.06. The molecule has 0 atom stereocenters. The number of Topliss-reactive ketones (excluding diaryl/α,β-unsaturated/α-hetero) is 1. The fourth-order valence-electron chi connectivity index (χ4n) is 3.50. The standard InChI is InChI=1S/C25H32O4/c1-2-3-4-5-6-7-8-9-13-16-21(26)23-22(27)18-17-20(25(23)29)24(28)19-14-11-10-12-15-19/h10-12,14-15,17-18,27,29H,2-9,13,16H2,1H3. The molecule has 0 amide bonds. The van der Waals surface area contributed by atoms with Gasteiger partial charge in [-0.1, -0.05) is 88.6 Å². The quantitative estimate of drug-likeness (QED) is 0.302. The Morgan fingerprint density at radius 1 is 0.759 bits per heavy atom. The van der Waals surface area contributed by atoms with Crippen LogP contribution in [0, 0.1) is 0 Å². The maximum Gasteiger partial charge on any atom is 0.196 e. The van der Waals surface area contributed by atoms with Crippen LogP contribution in [0.2, 0.25) is 0 Å². The monoisotopic (exact) mass is 396 g/mol. The number of ketones is 2. The molecule has 0 saturated carbocycles. The van der Waals surface area contributed by atoms with Crippen molar-refractivity contribution in [2.45, 2.75) is 71.1 Å². The number of aromatic hydroxyl groups is 2. The molecule has 0 heterocycles. The fraction of sp³-hybridized carbons (Fsp3) is 0.440. The van der Waals surface area contributed by atoms with Crippen molar-refractivity contribution in [1.29, 1.82) is 0 Å². The molecule has 0 unspecified atom stereocenters. The van der Waals surface area contributed by atoms with Crippen LogP contribution in [0.1, 0.15) is 97.4 Å². The van der Waals surface area contributed by atoms with Gasteiger partial charge in [0.15, 0.2) is 11.6 Å². The Hall–Kier alpha value is -2.62. The molecule has 2 rings (SSSR count). The normalized spacial score (nSPS) is 10.8. The van der Waals surface area contributed by atoms with Crippen LogP contribution in [-0.2, 0) is 0 Å². The summed E-state index contributed by atoms with van der Waals surface area (Å²) in [7, 11) is 0. The van der Waals surface area contributed by atoms with Crippen molar-refractivity contribution in [2.24, 2.45) is 0 Å². The number of unbranched alkanes of at least 4 members (excludes halogenated alkanes) is 8. The molecule has 0 aliphatic heterocycles. The molecule has 4 nitrogen and oxygen atoms in total. The van der Waals surface area contributed by atoms with Crippen LogP contribution < -0.4 is 0 Å². The molecule has 0 aliphatic carbocycles. The number of rotatable bonds is 13. The third kappa shape index (κ3) is 6.74. The lowest BCUT2D eigenvalue weighted by molar-refractivity contribution is 0.0973. The second-order valence-electron chi connectivity index (χ2n) is 7.55. The van der Waals surface area contributed by atoms with E-state index < -0.39 is 5.75 Å². The number of hydrogen-bond donors (Lipinski definition) is 2. The number of benzene rings is 2. The molecule has 4 heteroatoms. The summed E-state index contributed by atoms with van der Waals surface area (Å²) in [6, 6.07) is 11.2. The average Bonchev–Trinajstić information content (AvgIpc) is 2.73. The largest absolute Gasteiger partial charge is 0.507 e. The summed E-state index contributed by atoms with van der Waals surface area (Å²) in [4.78, 5) is 25.2. The third-order valence-corrected chi connectivity index (χ3v) is 5.22. The second kappa shape index (κ2) is 12.1. The lowest BCUT2D eigenvalue weighted by atomic mass is 9.95. The predicted octanol–water partition coefficient (Wildman–Crippen LogP) is 6.43. The molecule has 0 bridgehead atoms. The fourth-order valence-corrected chi connectivity index (χ4v) is 3.50. The van der Waals surface area contributed by atoms with Crippen molar-refractivity contribution in [2.75, 3.05) is 0 Å². The van der Waals surface area contributed by atoms with Gasteiger partial charge in [0.05, 0.1) is 5.56 Å². The van der Waals surface area contributed by atoms with Crippen LogP contribution in [-0.4, -0.2) is 21.8 Å². The van der Waals surface area contributed by atoms with Gasteiger partial charge in [0.25, 0.3) is 0 Å². The van der Waals surface area contributed by atoms with E-state index in [9.17, 15) is 19.8 Å². The van der Waals surface area contributed by atoms with E-state index in [1.54, 1.807) is 30.3 Å². The van der Waals surface area contributed by atoms with Gasteiger partial charge >= 0.3 is 0 Å². The van der Waals surface area contributed by atoms with Crippen LogP contribution in [0.25, 0.3) is 0 Å². The highest BCUT2D eigenvalue weighted by Crippen LogP contribution is 2.33. The summed E-state index contributed by atoms with van der Waals surface area (Å²) in [5.41, 5.74) is 0.307. The highest BCUT2D eigenvalue weighted by atomic mass is 16.3. The number of phenols is 2. The Kier molecular flexibility index (Phi) is 9.42. The Labute approximate surface area is 173 Å². The van der Waals surface area contributed by atoms with Crippen molar-refractivity contribution in [3.05, 3.63) is 59.2 Å². The Morgan fingerprint density at radius 2 is 1.34 bits per heavy atom. The van der Waals surface area contributed by atoms with Crippen molar-refractivity contribution < 1.29 is 19.8 Å². The van der Waals surface area contributed by atoms with Crippen LogP contribution in [0.15, 0.2) is 42.5 Å². The Balaban J connectivity index is 1.91. The van der Waals surface area contributed by atoms with Gasteiger partial charge in [0.2, 0.25) is 0 Å². The van der Waals surface area contributed by atoms with Gasteiger partial charge in [-0.25, -0.2) is 0 Å². The minimum atomic E-state index is -0.431. The van der Waals surface area contributed by atoms with Crippen molar-refractivity contribution in [3.63, 3.8) is 0 Å². The summed E-state index contributed by atoms with van der Waals surface area (Å²) in [6.45, 7) is 2.21. The van der Waals surface area contributed by atoms with Crippen LogP contribution in [0.4, 0.5) is 0 Å². The van der Waals surface area contributed by atoms with Crippen molar-refractivity contribution >= 4 is 11.6 Å². The zero-order valence-corrected chi connectivity index (χ0v) is 17.3. The molecule has 2 aromatic rings. The highest BCUT2D eigenvalue weighted by Gasteiger charge is 2.23. The Bertz CT molecular complexity index is 796. The summed E-state index contributed by atoms with van der Waals surface area (Å²) in [6.07, 6.45) is 10.5. The first kappa shape index (κ1) is 22.7. The van der Waals surface area contributed by atoms with Gasteiger partial charge in [0.1, 0.15) is 17.1 Å². The van der Waals surface area contributed by atoms with E-state index in [-0.39, 0.29) is 34.9 Å². The van der Waals surface area contributed by atoms with Crippen molar-refractivity contribution in [1.82, 2.24) is 0 Å². The predicted molar refractivity (Wildman–Crippen MR) is 116 cm³/mol. The molecular weight excluding hydrogens is 364 g/mol. The summed E-state index contributed by atoms with van der Waals surface area (Å²) in [5.74, 6) is -1.42. The molecule has 0 fully saturated rings. The topological polar surface area (TPSA) is 74.6 Å². The number of phenolic OH excluding ortho intramolecular Hbond substituents is 2. The van der Waals surface area contributed by atoms with Gasteiger partial charge in [-0.15, -0.1) is 0 Å². The molecule has 2 aromatic carbocycles. The zero-order chi connectivity index (χ0) is 21.1. The molecule has 0 radical (unpaired) electrons. The van der Waals surface area contributed by atoms with Gasteiger partial charge in [0, 0.05) is 12.0 Å². The minimum Gasteiger partial charge on any atom is -0.507 e. The first-order valence-corrected chi connectivity index (χ1v) is 10.7. The number of carbonyl (C=O) groups is 2. The SMILES string of the molecule is CCCCCCCCCCCC(=O)c1c(O)ccc(C(=O)c2ccccc2)c1O. The van der Waals surface area contributed by atoms with E-state index in [0.29, 0.717) is 12.0 Å². The molecular formula is C25H32O4. The molecule has 0 aromatic heterocycles. The third-order valence-electron chi connectivity index (χ3n) is 5.22. The second-order valence-corrected chi connectivity index (χ2v) is 7.55. The van der Waals surface area contributed by atoms with E-state index in [4.69, 9.17) is 0 Å². The molecule has 29 heavy (non-hydrogen) atoms. The summed E-state index contributed by atoms with van der Waals surface area (Å²) in [5, 5.41) is 20.6. The smallest absolute Gasteiger partial charge is 0.196 e. The maximum absolute atomic E-state index is 12.6. The first-order valence-electron chi connectivity index (χ1n) is 10.7. The highest BCUT2D eigenvalue weighted by molar-refractivity contribution is 6.13. The summed E-state index contributed by atoms with van der Waals surface area (Å²) >= 11 is 0. The van der Waals surface area contributed by atoms with E-state index in [1.807, 2.05) is 0 Å². The van der Waals surface area contributed by atoms with E-state index >= 15 is 0 Å². The van der Waals surface area contributed by atoms with Crippen LogP contribution in [0.3, 0.4) is 0 Å². The first-order chi connectivity index (χ1) is 14.1. The molecule has 0 spiro atoms. The zero-order valence-electron chi connectivity index (χ0n) is 17.3. The molecule has 156 valence electrons. The van der Waals surface area contributed by atoms with E-state index in [0.717, 1.165) is 12.8 Å². The summed E-state index contributed by atoms with van der Waals surface area (Å²) < 4.78 is 0. The van der Waals surface area contributed by atoms with E-state index in [1.165, 1.54) is 50.7 Å². The van der Waals surface area contributed by atoms with Gasteiger partial charge < -0.3 is 10.2 Å². The average molecular weight is 397 g/mol. The Morgan fingerprint density at radius 3 is 1.97 bits per heavy atom. The minimum absolute atomic E-state index is 0.0319. The van der Waals surface area contributed by atoms with Gasteiger partial charge in [-0.05, 0) is 18.6 Å². The van der Waals surface area contributed by atoms with Crippen molar-refractivity contribution in [3.8, 4) is 11.5 Å².